The van der Waals surface area contributed by atoms with Crippen molar-refractivity contribution in [1.82, 2.24) is 31.0 Å². The van der Waals surface area contributed by atoms with Crippen molar-refractivity contribution in [2.24, 2.45) is 5.92 Å². The summed E-state index contributed by atoms with van der Waals surface area (Å²) in [4.78, 5) is 56.5. The Morgan fingerprint density at radius 2 is 1.67 bits per heavy atom. The van der Waals surface area contributed by atoms with Crippen LogP contribution in [0.5, 0.6) is 0 Å². The molecular weight excluding hydrogens is 550 g/mol. The fourth-order valence-electron chi connectivity index (χ4n) is 6.97. The molecule has 1 saturated heterocycles. The Kier molecular flexibility index (Phi) is 7.35. The van der Waals surface area contributed by atoms with E-state index in [1.807, 2.05) is 24.3 Å². The van der Waals surface area contributed by atoms with Gasteiger partial charge in [0, 0.05) is 31.3 Å². The van der Waals surface area contributed by atoms with E-state index in [2.05, 4.69) is 32.2 Å². The van der Waals surface area contributed by atoms with Gasteiger partial charge in [-0.25, -0.2) is 9.95 Å². The van der Waals surface area contributed by atoms with Gasteiger partial charge in [-0.05, 0) is 91.1 Å². The second kappa shape index (κ2) is 11.1. The molecule has 0 unspecified atom stereocenters. The fourth-order valence-corrected chi connectivity index (χ4v) is 6.97. The lowest BCUT2D eigenvalue weighted by molar-refractivity contribution is -0.131. The number of piperidine rings is 1. The zero-order valence-corrected chi connectivity index (χ0v) is 24.0. The average Bonchev–Trinajstić information content (AvgIpc) is 3.52. The molecule has 3 amide bonds. The molecule has 2 heterocycles. The highest BCUT2D eigenvalue weighted by molar-refractivity contribution is 5.95. The van der Waals surface area contributed by atoms with Crippen molar-refractivity contribution >= 4 is 17.7 Å². The van der Waals surface area contributed by atoms with Crippen LogP contribution in [0.3, 0.4) is 0 Å². The summed E-state index contributed by atoms with van der Waals surface area (Å²) in [5.74, 6) is -0.596. The van der Waals surface area contributed by atoms with E-state index in [-0.39, 0.29) is 36.3 Å². The number of nitrogens with zero attached hydrogens (tertiary/aromatic N) is 3. The van der Waals surface area contributed by atoms with Gasteiger partial charge in [0.1, 0.15) is 6.04 Å². The molecule has 43 heavy (non-hydrogen) atoms. The quantitative estimate of drug-likeness (QED) is 0.284. The van der Waals surface area contributed by atoms with E-state index in [0.29, 0.717) is 48.7 Å². The number of aromatic nitrogens is 2. The number of aryl methyl sites for hydroxylation is 2. The van der Waals surface area contributed by atoms with Gasteiger partial charge in [-0.15, -0.1) is 0 Å². The average molecular weight is 584 g/mol. The number of likely N-dealkylation sites (tertiary alicyclic amines) is 1. The summed E-state index contributed by atoms with van der Waals surface area (Å²) < 4.78 is 5.09. The van der Waals surface area contributed by atoms with Gasteiger partial charge < -0.3 is 25.4 Å². The van der Waals surface area contributed by atoms with Crippen LogP contribution in [0, 0.1) is 17.2 Å². The fraction of sp³-hybridized carbons (Fsp3) is 0.419. The maximum Gasteiger partial charge on any atom is 0.459 e. The summed E-state index contributed by atoms with van der Waals surface area (Å²) in [5.41, 5.74) is 3.44. The van der Waals surface area contributed by atoms with Crippen LogP contribution in [-0.2, 0) is 23.1 Å². The van der Waals surface area contributed by atoms with Gasteiger partial charge in [0.15, 0.2) is 5.82 Å². The third-order valence-electron chi connectivity index (χ3n) is 9.11. The number of carbonyl (C=O) groups excluding carboxylic acids is 3. The molecule has 2 fully saturated rings. The monoisotopic (exact) mass is 583 g/mol. The first kappa shape index (κ1) is 28.4. The van der Waals surface area contributed by atoms with Crippen LogP contribution in [0.1, 0.15) is 68.1 Å². The Morgan fingerprint density at radius 3 is 2.21 bits per heavy atom. The summed E-state index contributed by atoms with van der Waals surface area (Å²) in [7, 11) is 3.15. The van der Waals surface area contributed by atoms with Crippen LogP contribution >= 0.6 is 0 Å². The molecule has 0 spiro atoms. The van der Waals surface area contributed by atoms with E-state index < -0.39 is 11.2 Å². The van der Waals surface area contributed by atoms with Crippen molar-refractivity contribution in [3.05, 3.63) is 86.2 Å². The minimum Gasteiger partial charge on any atom is -0.355 e. The predicted octanol–water partition coefficient (Wildman–Crippen LogP) is 1.01. The van der Waals surface area contributed by atoms with Crippen molar-refractivity contribution < 1.29 is 18.9 Å². The number of H-pyrrole nitrogens is 1. The summed E-state index contributed by atoms with van der Waals surface area (Å²) in [6.45, 7) is 0.421. The van der Waals surface area contributed by atoms with Gasteiger partial charge in [0.05, 0.1) is 18.0 Å². The third kappa shape index (κ3) is 4.89. The normalized spacial score (nSPS) is 21.0. The molecule has 2 aromatic carbocycles. The van der Waals surface area contributed by atoms with Crippen molar-refractivity contribution in [3.63, 3.8) is 0 Å². The molecule has 3 aromatic rings. The van der Waals surface area contributed by atoms with Gasteiger partial charge in [0.25, 0.3) is 11.8 Å². The summed E-state index contributed by atoms with van der Waals surface area (Å²) in [6.07, 6.45) is 3.21. The molecule has 0 bridgehead atoms. The molecule has 0 radical (unpaired) electrons. The largest absolute Gasteiger partial charge is 0.459 e. The maximum absolute atomic E-state index is 13.1. The Hall–Kier alpha value is -4.76. The summed E-state index contributed by atoms with van der Waals surface area (Å²) in [6, 6.07) is 13.0. The van der Waals surface area contributed by atoms with E-state index in [4.69, 9.17) is 4.52 Å². The Balaban J connectivity index is 1.40. The lowest BCUT2D eigenvalue weighted by atomic mass is 9.69. The standard InChI is InChI=1S/C31H33N7O5/c1-33-27(40)19-5-7-23-17(11-19)3-4-18-12-20(28(41)34-2)6-8-24(18)31(23,29-36-30(42)43-37-29)9-10-35-16-26(39)38-22(15-32)13-21-14-25(21)38/h5-8,11-12,21-22,25,35H,3-4,9-10,13-14,16H2,1-2H3,(H,33,40)(H,34,41)(H,36,37,42)/t21-,22+,25+/m1/s1. The summed E-state index contributed by atoms with van der Waals surface area (Å²) >= 11 is 0. The molecule has 3 aliphatic rings. The van der Waals surface area contributed by atoms with Crippen LogP contribution in [0.4, 0.5) is 0 Å². The molecular formula is C31H33N7O5. The van der Waals surface area contributed by atoms with Gasteiger partial charge in [-0.3, -0.25) is 14.4 Å². The van der Waals surface area contributed by atoms with Crippen molar-refractivity contribution in [1.29, 1.82) is 5.26 Å². The minimum absolute atomic E-state index is 0.0672. The van der Waals surface area contributed by atoms with Gasteiger partial charge in [-0.2, -0.15) is 10.2 Å². The van der Waals surface area contributed by atoms with E-state index in [1.54, 1.807) is 31.1 Å². The predicted molar refractivity (Wildman–Crippen MR) is 154 cm³/mol. The Labute approximate surface area is 247 Å². The number of aromatic amines is 1. The second-order valence-electron chi connectivity index (χ2n) is 11.4. The number of carbonyl (C=O) groups is 3. The molecule has 12 nitrogen and oxygen atoms in total. The molecule has 12 heteroatoms. The molecule has 1 aliphatic heterocycles. The molecule has 2 aliphatic carbocycles. The highest BCUT2D eigenvalue weighted by Crippen LogP contribution is 2.48. The van der Waals surface area contributed by atoms with Crippen molar-refractivity contribution in [2.75, 3.05) is 27.2 Å². The summed E-state index contributed by atoms with van der Waals surface area (Å²) in [5, 5.41) is 20.9. The number of nitriles is 1. The first-order valence-electron chi connectivity index (χ1n) is 14.5. The Morgan fingerprint density at radius 1 is 1.05 bits per heavy atom. The number of rotatable bonds is 8. The zero-order chi connectivity index (χ0) is 30.3. The van der Waals surface area contributed by atoms with Crippen LogP contribution in [-0.4, -0.2) is 72.0 Å². The van der Waals surface area contributed by atoms with Gasteiger partial charge in [-0.1, -0.05) is 12.1 Å². The van der Waals surface area contributed by atoms with Crippen molar-refractivity contribution in [3.8, 4) is 6.07 Å². The van der Waals surface area contributed by atoms with E-state index >= 15 is 0 Å². The molecule has 6 rings (SSSR count). The van der Waals surface area contributed by atoms with E-state index in [1.165, 1.54) is 0 Å². The van der Waals surface area contributed by atoms with Crippen LogP contribution in [0.25, 0.3) is 0 Å². The zero-order valence-electron chi connectivity index (χ0n) is 24.0. The highest BCUT2D eigenvalue weighted by Gasteiger charge is 2.54. The minimum atomic E-state index is -1.03. The van der Waals surface area contributed by atoms with Crippen LogP contribution in [0.2, 0.25) is 0 Å². The third-order valence-corrected chi connectivity index (χ3v) is 9.11. The Bertz CT molecular complexity index is 1640. The van der Waals surface area contributed by atoms with Gasteiger partial charge >= 0.3 is 5.76 Å². The van der Waals surface area contributed by atoms with E-state index in [0.717, 1.165) is 35.1 Å². The lowest BCUT2D eigenvalue weighted by Crippen LogP contribution is -2.44. The number of benzene rings is 2. The first-order chi connectivity index (χ1) is 20.8. The van der Waals surface area contributed by atoms with Crippen LogP contribution in [0.15, 0.2) is 45.7 Å². The number of fused-ring (bicyclic) bond motifs is 3. The number of nitrogens with one attached hydrogen (secondary N) is 4. The molecule has 222 valence electrons. The first-order valence-corrected chi connectivity index (χ1v) is 14.5. The highest BCUT2D eigenvalue weighted by atomic mass is 16.5. The molecule has 1 saturated carbocycles. The second-order valence-corrected chi connectivity index (χ2v) is 11.4. The number of amides is 3. The van der Waals surface area contributed by atoms with Crippen molar-refractivity contribution in [2.45, 2.75) is 49.6 Å². The molecule has 3 atom stereocenters. The van der Waals surface area contributed by atoms with Gasteiger partial charge in [0.2, 0.25) is 5.91 Å². The smallest absolute Gasteiger partial charge is 0.355 e. The number of hydrogen-bond acceptors (Lipinski definition) is 8. The maximum atomic E-state index is 13.1. The molecule has 4 N–H and O–H groups in total. The van der Waals surface area contributed by atoms with Crippen LogP contribution < -0.4 is 21.7 Å². The topological polar surface area (TPSA) is 173 Å². The number of hydrogen-bond donors (Lipinski definition) is 4. The molecule has 1 aromatic heterocycles. The lowest BCUT2D eigenvalue weighted by Gasteiger charge is -2.35. The van der Waals surface area contributed by atoms with E-state index in [9.17, 15) is 24.4 Å². The SMILES string of the molecule is CNC(=O)c1ccc2c(c1)CCc1cc(C(=O)NC)ccc1C2(CCNCC(=O)N1[C@H](C#N)C[C@@H]2C[C@@H]21)c1nc(=O)o[nH]1.